The van der Waals surface area contributed by atoms with Crippen molar-refractivity contribution in [1.29, 1.82) is 0 Å². The van der Waals surface area contributed by atoms with Crippen LogP contribution < -0.4 is 10.5 Å². The molecule has 6 heteroatoms. The third-order valence-corrected chi connectivity index (χ3v) is 5.97. The highest BCUT2D eigenvalue weighted by Gasteiger charge is 2.32. The quantitative estimate of drug-likeness (QED) is 0.745. The molecule has 0 bridgehead atoms. The Hall–Kier alpha value is -0.170. The molecule has 1 saturated heterocycles. The van der Waals surface area contributed by atoms with Crippen LogP contribution in [0.1, 0.15) is 44.9 Å². The van der Waals surface area contributed by atoms with Gasteiger partial charge in [-0.2, -0.15) is 0 Å². The number of nitrogens with one attached hydrogen (secondary N) is 1. The van der Waals surface area contributed by atoms with Crippen LogP contribution in [0.4, 0.5) is 0 Å². The Morgan fingerprint density at radius 2 is 1.67 bits per heavy atom. The van der Waals surface area contributed by atoms with Gasteiger partial charge in [0.25, 0.3) is 0 Å². The molecule has 0 aromatic carbocycles. The summed E-state index contributed by atoms with van der Waals surface area (Å²) in [6.45, 7) is 1.09. The third-order valence-electron chi connectivity index (χ3n) is 3.99. The molecule has 1 heterocycles. The first-order chi connectivity index (χ1) is 8.59. The fraction of sp³-hybridized carbons (Fsp3) is 1.00. The van der Waals surface area contributed by atoms with Crippen molar-refractivity contribution in [2.24, 2.45) is 5.73 Å². The molecule has 1 aliphatic heterocycles. The van der Waals surface area contributed by atoms with E-state index in [1.807, 2.05) is 0 Å². The molecule has 3 N–H and O–H groups in total. The molecule has 5 nitrogen and oxygen atoms in total. The Kier molecular flexibility index (Phi) is 5.00. The van der Waals surface area contributed by atoms with E-state index >= 15 is 0 Å². The first-order valence-electron chi connectivity index (χ1n) is 6.94. The van der Waals surface area contributed by atoms with E-state index in [-0.39, 0.29) is 17.3 Å². The Morgan fingerprint density at radius 3 is 2.39 bits per heavy atom. The van der Waals surface area contributed by atoms with Gasteiger partial charge in [-0.15, -0.1) is 0 Å². The van der Waals surface area contributed by atoms with Crippen LogP contribution in [-0.2, 0) is 14.8 Å². The second-order valence-electron chi connectivity index (χ2n) is 5.38. The highest BCUT2D eigenvalue weighted by molar-refractivity contribution is 7.90. The van der Waals surface area contributed by atoms with Crippen LogP contribution in [0, 0.1) is 0 Å². The lowest BCUT2D eigenvalue weighted by molar-refractivity contribution is 0.0980. The Labute approximate surface area is 110 Å². The predicted molar refractivity (Wildman–Crippen MR) is 70.7 cm³/mol. The Balaban J connectivity index is 1.97. The zero-order valence-corrected chi connectivity index (χ0v) is 11.6. The first kappa shape index (κ1) is 14.2. The molecule has 0 aromatic heterocycles. The summed E-state index contributed by atoms with van der Waals surface area (Å²) in [7, 11) is -3.24. The van der Waals surface area contributed by atoms with Crippen molar-refractivity contribution in [3.8, 4) is 0 Å². The third kappa shape index (κ3) is 3.66. The van der Waals surface area contributed by atoms with Gasteiger partial charge in [0.1, 0.15) is 0 Å². The minimum Gasteiger partial charge on any atom is -0.381 e. The van der Waals surface area contributed by atoms with E-state index < -0.39 is 10.0 Å². The molecule has 1 saturated carbocycles. The Morgan fingerprint density at radius 1 is 1.00 bits per heavy atom. The average Bonchev–Trinajstić information content (AvgIpc) is 2.56. The van der Waals surface area contributed by atoms with Crippen molar-refractivity contribution in [3.63, 3.8) is 0 Å². The summed E-state index contributed by atoms with van der Waals surface area (Å²) in [4.78, 5) is 0. The smallest absolute Gasteiger partial charge is 0.214 e. The fourth-order valence-electron chi connectivity index (χ4n) is 2.78. The van der Waals surface area contributed by atoms with Gasteiger partial charge >= 0.3 is 0 Å². The number of hydrogen-bond acceptors (Lipinski definition) is 4. The molecule has 0 spiro atoms. The van der Waals surface area contributed by atoms with E-state index in [9.17, 15) is 8.42 Å². The minimum absolute atomic E-state index is 0.0397. The molecule has 2 unspecified atom stereocenters. The van der Waals surface area contributed by atoms with Crippen LogP contribution >= 0.6 is 0 Å². The van der Waals surface area contributed by atoms with Crippen molar-refractivity contribution in [3.05, 3.63) is 0 Å². The van der Waals surface area contributed by atoms with Crippen LogP contribution in [0.15, 0.2) is 0 Å². The van der Waals surface area contributed by atoms with Crippen molar-refractivity contribution < 1.29 is 13.2 Å². The minimum atomic E-state index is -3.24. The lowest BCUT2D eigenvalue weighted by atomic mass is 10.1. The van der Waals surface area contributed by atoms with Gasteiger partial charge in [0.15, 0.2) is 0 Å². The van der Waals surface area contributed by atoms with E-state index in [2.05, 4.69) is 4.72 Å². The standard InChI is InChI=1S/C12H24N2O3S/c13-11-4-2-1-3-5-12(11)14-18(15,16)10-6-8-17-9-7-10/h10-12,14H,1-9,13H2. The van der Waals surface area contributed by atoms with Crippen LogP contribution in [0.25, 0.3) is 0 Å². The van der Waals surface area contributed by atoms with Gasteiger partial charge in [-0.1, -0.05) is 19.3 Å². The number of sulfonamides is 1. The van der Waals surface area contributed by atoms with Gasteiger partial charge < -0.3 is 10.5 Å². The molecule has 18 heavy (non-hydrogen) atoms. The summed E-state index contributed by atoms with van der Waals surface area (Å²) in [6.07, 6.45) is 6.30. The fourth-order valence-corrected chi connectivity index (χ4v) is 4.50. The summed E-state index contributed by atoms with van der Waals surface area (Å²) in [5.41, 5.74) is 6.06. The lowest BCUT2D eigenvalue weighted by Crippen LogP contribution is -2.50. The van der Waals surface area contributed by atoms with Crippen LogP contribution in [0.2, 0.25) is 0 Å². The van der Waals surface area contributed by atoms with E-state index in [0.717, 1.165) is 32.1 Å². The summed E-state index contributed by atoms with van der Waals surface area (Å²) < 4.78 is 32.6. The average molecular weight is 276 g/mol. The number of nitrogens with two attached hydrogens (primary N) is 1. The normalized spacial score (nSPS) is 32.1. The van der Waals surface area contributed by atoms with Crippen molar-refractivity contribution in [2.75, 3.05) is 13.2 Å². The van der Waals surface area contributed by atoms with Gasteiger partial charge in [0.2, 0.25) is 10.0 Å². The van der Waals surface area contributed by atoms with E-state index in [4.69, 9.17) is 10.5 Å². The monoisotopic (exact) mass is 276 g/mol. The SMILES string of the molecule is NC1CCCCCC1NS(=O)(=O)C1CCOCC1. The number of hydrogen-bond donors (Lipinski definition) is 2. The van der Waals surface area contributed by atoms with Gasteiger partial charge in [0.05, 0.1) is 5.25 Å². The van der Waals surface area contributed by atoms with Gasteiger partial charge in [0, 0.05) is 25.3 Å². The van der Waals surface area contributed by atoms with E-state index in [0.29, 0.717) is 26.1 Å². The van der Waals surface area contributed by atoms with Crippen molar-refractivity contribution in [1.82, 2.24) is 4.72 Å². The van der Waals surface area contributed by atoms with Crippen LogP contribution in [0.3, 0.4) is 0 Å². The first-order valence-corrected chi connectivity index (χ1v) is 8.49. The molecule has 0 amide bonds. The van der Waals surface area contributed by atoms with Gasteiger partial charge in [-0.05, 0) is 25.7 Å². The second kappa shape index (κ2) is 6.32. The molecule has 1 aliphatic carbocycles. The topological polar surface area (TPSA) is 81.4 Å². The lowest BCUT2D eigenvalue weighted by Gasteiger charge is -2.27. The molecule has 2 atom stereocenters. The molecular formula is C12H24N2O3S. The summed E-state index contributed by atoms with van der Waals surface area (Å²) >= 11 is 0. The van der Waals surface area contributed by atoms with Crippen LogP contribution in [-0.4, -0.2) is 39.0 Å². The van der Waals surface area contributed by atoms with Gasteiger partial charge in [-0.25, -0.2) is 13.1 Å². The summed E-state index contributed by atoms with van der Waals surface area (Å²) in [5, 5.41) is -0.304. The Bertz CT molecular complexity index is 352. The van der Waals surface area contributed by atoms with Gasteiger partial charge in [-0.3, -0.25) is 0 Å². The molecule has 2 fully saturated rings. The van der Waals surface area contributed by atoms with Crippen molar-refractivity contribution >= 4 is 10.0 Å². The zero-order chi connectivity index (χ0) is 13.0. The van der Waals surface area contributed by atoms with E-state index in [1.165, 1.54) is 0 Å². The largest absolute Gasteiger partial charge is 0.381 e. The summed E-state index contributed by atoms with van der Waals surface area (Å²) in [5.74, 6) is 0. The maximum absolute atomic E-state index is 12.3. The van der Waals surface area contributed by atoms with Crippen molar-refractivity contribution in [2.45, 2.75) is 62.3 Å². The zero-order valence-electron chi connectivity index (χ0n) is 10.8. The predicted octanol–water partition coefficient (Wildman–Crippen LogP) is 0.745. The summed E-state index contributed by atoms with van der Waals surface area (Å²) in [6, 6.07) is -0.123. The maximum atomic E-state index is 12.3. The number of rotatable bonds is 3. The van der Waals surface area contributed by atoms with Crippen LogP contribution in [0.5, 0.6) is 0 Å². The van der Waals surface area contributed by atoms with E-state index in [1.54, 1.807) is 0 Å². The molecule has 0 aromatic rings. The highest BCUT2D eigenvalue weighted by atomic mass is 32.2. The molecule has 2 rings (SSSR count). The molecule has 106 valence electrons. The highest BCUT2D eigenvalue weighted by Crippen LogP contribution is 2.20. The molecular weight excluding hydrogens is 252 g/mol. The molecule has 2 aliphatic rings. The molecule has 0 radical (unpaired) electrons. The second-order valence-corrected chi connectivity index (χ2v) is 7.38. The maximum Gasteiger partial charge on any atom is 0.214 e. The number of ether oxygens (including phenoxy) is 1.